The predicted molar refractivity (Wildman–Crippen MR) is 151 cm³/mol. The van der Waals surface area contributed by atoms with Gasteiger partial charge in [0.1, 0.15) is 5.75 Å². The zero-order chi connectivity index (χ0) is 27.3. The van der Waals surface area contributed by atoms with Crippen LogP contribution in [0.1, 0.15) is 73.5 Å². The maximum atomic E-state index is 12.9. The highest BCUT2D eigenvalue weighted by atomic mass is 16.5. The molecule has 38 heavy (non-hydrogen) atoms. The SMILES string of the molecule is CCc1ccc(OC)cc1C1(CCNC(=O)Cc2ccc(C(=O)OC)cc2)CCN(CC2CC2)C(C)[C@@H]1C. The van der Waals surface area contributed by atoms with Crippen molar-refractivity contribution in [1.82, 2.24) is 10.2 Å². The highest BCUT2D eigenvalue weighted by Gasteiger charge is 2.47. The average Bonchev–Trinajstić information content (AvgIpc) is 3.76. The standard InChI is InChI=1S/C32H44N2O4/c1-6-26-13-14-28(37-4)20-29(26)32(16-18-34(21-25-7-8-25)23(3)22(32)2)15-17-33-30(35)19-24-9-11-27(12-10-24)31(36)38-5/h9-14,20,22-23,25H,6-8,15-19,21H2,1-5H3,(H,33,35)/t22-,23?,32?/m0/s1. The molecule has 4 rings (SSSR count). The molecule has 1 amide bonds. The topological polar surface area (TPSA) is 67.9 Å². The van der Waals surface area contributed by atoms with Crippen LogP contribution in [0.5, 0.6) is 5.75 Å². The van der Waals surface area contributed by atoms with E-state index in [9.17, 15) is 9.59 Å². The van der Waals surface area contributed by atoms with E-state index in [2.05, 4.69) is 49.2 Å². The van der Waals surface area contributed by atoms with E-state index in [-0.39, 0.29) is 23.7 Å². The molecular formula is C32H44N2O4. The summed E-state index contributed by atoms with van der Waals surface area (Å²) >= 11 is 0. The first-order chi connectivity index (χ1) is 18.3. The number of rotatable bonds is 11. The number of benzene rings is 2. The molecule has 1 aliphatic carbocycles. The third-order valence-corrected chi connectivity index (χ3v) is 9.07. The van der Waals surface area contributed by atoms with E-state index < -0.39 is 0 Å². The Labute approximate surface area is 228 Å². The summed E-state index contributed by atoms with van der Waals surface area (Å²) in [5, 5.41) is 3.20. The van der Waals surface area contributed by atoms with E-state index >= 15 is 0 Å². The fourth-order valence-corrected chi connectivity index (χ4v) is 6.31. The molecule has 0 bridgehead atoms. The number of ether oxygens (including phenoxy) is 2. The van der Waals surface area contributed by atoms with E-state index in [0.29, 0.717) is 24.1 Å². The van der Waals surface area contributed by atoms with Gasteiger partial charge in [0.2, 0.25) is 5.91 Å². The Morgan fingerprint density at radius 1 is 1.08 bits per heavy atom. The molecule has 3 atom stereocenters. The first-order valence-corrected chi connectivity index (χ1v) is 14.2. The Balaban J connectivity index is 1.49. The Morgan fingerprint density at radius 3 is 2.45 bits per heavy atom. The number of nitrogens with one attached hydrogen (secondary N) is 1. The molecule has 0 spiro atoms. The zero-order valence-electron chi connectivity index (χ0n) is 23.7. The normalized spacial score (nSPS) is 23.6. The maximum Gasteiger partial charge on any atom is 0.337 e. The van der Waals surface area contributed by atoms with E-state index in [4.69, 9.17) is 9.47 Å². The van der Waals surface area contributed by atoms with Crippen LogP contribution in [-0.4, -0.2) is 56.7 Å². The lowest BCUT2D eigenvalue weighted by atomic mass is 9.61. The van der Waals surface area contributed by atoms with Crippen molar-refractivity contribution in [2.24, 2.45) is 11.8 Å². The molecule has 6 nitrogen and oxygen atoms in total. The maximum absolute atomic E-state index is 12.9. The number of likely N-dealkylation sites (tertiary alicyclic amines) is 1. The highest BCUT2D eigenvalue weighted by molar-refractivity contribution is 5.89. The molecule has 1 N–H and O–H groups in total. The smallest absolute Gasteiger partial charge is 0.337 e. The van der Waals surface area contributed by atoms with Crippen LogP contribution in [0.15, 0.2) is 42.5 Å². The van der Waals surface area contributed by atoms with Crippen LogP contribution in [0.3, 0.4) is 0 Å². The van der Waals surface area contributed by atoms with E-state index in [0.717, 1.165) is 43.0 Å². The summed E-state index contributed by atoms with van der Waals surface area (Å²) in [6.45, 7) is 9.95. The average molecular weight is 521 g/mol. The van der Waals surface area contributed by atoms with Crippen molar-refractivity contribution in [2.45, 2.75) is 70.8 Å². The largest absolute Gasteiger partial charge is 0.497 e. The van der Waals surface area contributed by atoms with Crippen LogP contribution in [0, 0.1) is 11.8 Å². The Bertz CT molecular complexity index is 1110. The molecule has 1 heterocycles. The summed E-state index contributed by atoms with van der Waals surface area (Å²) in [4.78, 5) is 27.3. The molecule has 6 heteroatoms. The molecule has 2 fully saturated rings. The van der Waals surface area contributed by atoms with Gasteiger partial charge in [-0.15, -0.1) is 0 Å². The molecule has 2 aromatic rings. The highest BCUT2D eigenvalue weighted by Crippen LogP contribution is 2.48. The van der Waals surface area contributed by atoms with Gasteiger partial charge in [-0.1, -0.05) is 32.0 Å². The Kier molecular flexibility index (Phi) is 9.14. The van der Waals surface area contributed by atoms with Crippen LogP contribution in [-0.2, 0) is 27.8 Å². The Hall–Kier alpha value is -2.86. The van der Waals surface area contributed by atoms with E-state index in [1.807, 2.05) is 12.1 Å². The minimum absolute atomic E-state index is 0.000744. The summed E-state index contributed by atoms with van der Waals surface area (Å²) in [5.41, 5.74) is 4.09. The van der Waals surface area contributed by atoms with Gasteiger partial charge in [0.25, 0.3) is 0 Å². The lowest BCUT2D eigenvalue weighted by Crippen LogP contribution is -2.55. The first kappa shape index (κ1) is 28.2. The minimum Gasteiger partial charge on any atom is -0.497 e. The van der Waals surface area contributed by atoms with Gasteiger partial charge in [0, 0.05) is 24.5 Å². The lowest BCUT2D eigenvalue weighted by molar-refractivity contribution is -0.120. The molecule has 0 aromatic heterocycles. The van der Waals surface area contributed by atoms with Crippen molar-refractivity contribution in [3.8, 4) is 5.75 Å². The number of piperidine rings is 1. The number of carbonyl (C=O) groups excluding carboxylic acids is 2. The van der Waals surface area contributed by atoms with Crippen LogP contribution in [0.25, 0.3) is 0 Å². The zero-order valence-corrected chi connectivity index (χ0v) is 23.7. The molecule has 2 aliphatic rings. The predicted octanol–water partition coefficient (Wildman–Crippen LogP) is 5.17. The second-order valence-corrected chi connectivity index (χ2v) is 11.2. The minimum atomic E-state index is -0.373. The van der Waals surface area contributed by atoms with E-state index in [1.54, 1.807) is 19.2 Å². The van der Waals surface area contributed by atoms with Gasteiger partial charge >= 0.3 is 5.97 Å². The quantitative estimate of drug-likeness (QED) is 0.414. The summed E-state index contributed by atoms with van der Waals surface area (Å²) in [7, 11) is 3.10. The van der Waals surface area contributed by atoms with Crippen molar-refractivity contribution >= 4 is 11.9 Å². The van der Waals surface area contributed by atoms with Crippen molar-refractivity contribution in [2.75, 3.05) is 33.9 Å². The second-order valence-electron chi connectivity index (χ2n) is 11.2. The number of aryl methyl sites for hydroxylation is 1. The van der Waals surface area contributed by atoms with Crippen molar-refractivity contribution in [3.63, 3.8) is 0 Å². The third-order valence-electron chi connectivity index (χ3n) is 9.07. The number of hydrogen-bond acceptors (Lipinski definition) is 5. The van der Waals surface area contributed by atoms with Gasteiger partial charge in [-0.3, -0.25) is 4.79 Å². The second kappa shape index (κ2) is 12.3. The van der Waals surface area contributed by atoms with Gasteiger partial charge in [-0.25, -0.2) is 4.79 Å². The number of hydrogen-bond donors (Lipinski definition) is 1. The van der Waals surface area contributed by atoms with Crippen molar-refractivity contribution < 1.29 is 19.1 Å². The molecule has 1 saturated heterocycles. The molecule has 1 aliphatic heterocycles. The fourth-order valence-electron chi connectivity index (χ4n) is 6.31. The number of amides is 1. The van der Waals surface area contributed by atoms with Crippen LogP contribution in [0.4, 0.5) is 0 Å². The van der Waals surface area contributed by atoms with Crippen LogP contribution < -0.4 is 10.1 Å². The first-order valence-electron chi connectivity index (χ1n) is 14.2. The summed E-state index contributed by atoms with van der Waals surface area (Å²) in [6, 6.07) is 14.1. The van der Waals surface area contributed by atoms with Gasteiger partial charge in [0.15, 0.2) is 0 Å². The molecule has 2 aromatic carbocycles. The molecule has 2 unspecified atom stereocenters. The Morgan fingerprint density at radius 2 is 1.82 bits per heavy atom. The fraction of sp³-hybridized carbons (Fsp3) is 0.562. The van der Waals surface area contributed by atoms with Crippen LogP contribution >= 0.6 is 0 Å². The van der Waals surface area contributed by atoms with Crippen molar-refractivity contribution in [1.29, 1.82) is 0 Å². The number of esters is 1. The monoisotopic (exact) mass is 520 g/mol. The molecule has 1 saturated carbocycles. The third kappa shape index (κ3) is 6.23. The molecule has 206 valence electrons. The van der Waals surface area contributed by atoms with Gasteiger partial charge in [0.05, 0.1) is 26.2 Å². The van der Waals surface area contributed by atoms with Crippen molar-refractivity contribution in [3.05, 3.63) is 64.7 Å². The number of nitrogens with zero attached hydrogens (tertiary/aromatic N) is 1. The summed E-state index contributed by atoms with van der Waals surface area (Å²) < 4.78 is 10.4. The summed E-state index contributed by atoms with van der Waals surface area (Å²) in [5.74, 6) is 1.84. The van der Waals surface area contributed by atoms with Crippen LogP contribution in [0.2, 0.25) is 0 Å². The number of methoxy groups -OCH3 is 2. The molecule has 0 radical (unpaired) electrons. The van der Waals surface area contributed by atoms with E-state index in [1.165, 1.54) is 37.6 Å². The summed E-state index contributed by atoms with van der Waals surface area (Å²) in [6.07, 6.45) is 5.97. The molecular weight excluding hydrogens is 476 g/mol. The van der Waals surface area contributed by atoms with Gasteiger partial charge < -0.3 is 19.7 Å². The van der Waals surface area contributed by atoms with Gasteiger partial charge in [-0.05, 0) is 98.4 Å². The number of carbonyl (C=O) groups is 2. The van der Waals surface area contributed by atoms with Gasteiger partial charge in [-0.2, -0.15) is 0 Å². The lowest BCUT2D eigenvalue weighted by Gasteiger charge is -2.52.